The maximum Gasteiger partial charge on any atom is 0.326 e. The lowest BCUT2D eigenvalue weighted by atomic mass is 9.95. The Bertz CT molecular complexity index is 4400. The van der Waals surface area contributed by atoms with Crippen molar-refractivity contribution in [2.24, 2.45) is 10.8 Å². The first-order valence-electron chi connectivity index (χ1n) is 28.4. The van der Waals surface area contributed by atoms with E-state index in [4.69, 9.17) is 32.7 Å². The fraction of sp³-hybridized carbons (Fsp3) is 0.239. The lowest BCUT2D eigenvalue weighted by Crippen LogP contribution is -2.26. The highest BCUT2D eigenvalue weighted by Crippen LogP contribution is 2.31. The number of carbonyl (C=O) groups excluding carboxylic acids is 8. The third-order valence-corrected chi connectivity index (χ3v) is 14.5. The maximum absolute atomic E-state index is 12.6. The minimum absolute atomic E-state index is 0.0201. The first-order chi connectivity index (χ1) is 42.0. The monoisotopic (exact) mass is 1240 g/mol. The average Bonchev–Trinajstić information content (AvgIpc) is 2.68. The fourth-order valence-electron chi connectivity index (χ4n) is 9.64. The van der Waals surface area contributed by atoms with E-state index in [1.54, 1.807) is 112 Å². The number of phenolic OH excluding ortho intramolecular Hbond substituents is 1. The topological polar surface area (TPSA) is 222 Å². The molecule has 0 fully saturated rings. The largest absolute Gasteiger partial charge is 0.508 e. The first kappa shape index (κ1) is 66.9. The maximum atomic E-state index is 12.6. The predicted molar refractivity (Wildman–Crippen MR) is 352 cm³/mol. The number of hydrogen-bond donors (Lipinski definition) is 3. The van der Waals surface area contributed by atoms with Crippen LogP contribution in [0.5, 0.6) is 17.2 Å². The van der Waals surface area contributed by atoms with Gasteiger partial charge >= 0.3 is 11.9 Å². The number of carbonyl (C=O) groups is 8. The number of aromatic nitrogens is 5. The second kappa shape index (κ2) is 28.5. The van der Waals surface area contributed by atoms with Crippen LogP contribution in [0.15, 0.2) is 158 Å². The summed E-state index contributed by atoms with van der Waals surface area (Å²) in [5.74, 6) is -0.792. The number of benzene rings is 6. The van der Waals surface area contributed by atoms with E-state index in [0.29, 0.717) is 33.3 Å². The van der Waals surface area contributed by atoms with Gasteiger partial charge in [-0.2, -0.15) is 0 Å². The quantitative estimate of drug-likeness (QED) is 0.0506. The average molecular weight is 1240 g/mol. The minimum Gasteiger partial charge on any atom is -0.508 e. The minimum atomic E-state index is -0.622. The molecule has 89 heavy (non-hydrogen) atoms. The number of H-pyrrole nitrogens is 2. The molecule has 0 saturated carbocycles. The summed E-state index contributed by atoms with van der Waals surface area (Å²) < 4.78 is 15.3. The van der Waals surface area contributed by atoms with Gasteiger partial charge in [0.2, 0.25) is 11.8 Å². The summed E-state index contributed by atoms with van der Waals surface area (Å²) in [4.78, 5) is 99.5. The van der Waals surface area contributed by atoms with Crippen molar-refractivity contribution >= 4 is 125 Å². The number of Topliss-reactive ketones (excluding diaryl/α,β-unsaturated/α-hetero) is 4. The number of aromatic amines is 2. The van der Waals surface area contributed by atoms with Gasteiger partial charge in [0.05, 0.1) is 11.0 Å². The van der Waals surface area contributed by atoms with Gasteiger partial charge in [0.1, 0.15) is 29.0 Å². The smallest absolute Gasteiger partial charge is 0.326 e. The molecule has 3 N–H and O–H groups in total. The molecule has 11 aromatic rings. The number of ketones is 4. The highest BCUT2D eigenvalue weighted by Gasteiger charge is 2.27. The van der Waals surface area contributed by atoms with E-state index in [9.17, 15) is 43.5 Å². The fourth-order valence-corrected chi connectivity index (χ4v) is 9.75. The Morgan fingerprint density at radius 1 is 0.483 bits per heavy atom. The summed E-state index contributed by atoms with van der Waals surface area (Å²) in [6, 6.07) is 39.3. The van der Waals surface area contributed by atoms with E-state index in [1.165, 1.54) is 41.3 Å². The van der Waals surface area contributed by atoms with E-state index < -0.39 is 22.8 Å². The highest BCUT2D eigenvalue weighted by molar-refractivity contribution is 6.27. The van der Waals surface area contributed by atoms with Gasteiger partial charge in [-0.3, -0.25) is 47.5 Å². The van der Waals surface area contributed by atoms with Crippen LogP contribution in [0.2, 0.25) is 0 Å². The summed E-state index contributed by atoms with van der Waals surface area (Å²) in [7, 11) is 0. The molecule has 0 aliphatic heterocycles. The Balaban J connectivity index is 0.000000161. The Kier molecular flexibility index (Phi) is 21.4. The Hall–Kier alpha value is -9.64. The summed E-state index contributed by atoms with van der Waals surface area (Å²) in [6.45, 7) is 22.1. The van der Waals surface area contributed by atoms with Gasteiger partial charge in [0.25, 0.3) is 0 Å². The molecular weight excluding hydrogens is 1170 g/mol. The summed E-state index contributed by atoms with van der Waals surface area (Å²) in [5.41, 5.74) is 9.39. The molecule has 0 amide bonds. The van der Waals surface area contributed by atoms with Crippen LogP contribution in [-0.4, -0.2) is 87.4 Å². The molecule has 0 saturated heterocycles. The van der Waals surface area contributed by atoms with Crippen molar-refractivity contribution in [3.63, 3.8) is 0 Å². The Morgan fingerprint density at radius 3 is 1.48 bits per heavy atom. The number of alkyl halides is 2. The zero-order valence-corrected chi connectivity index (χ0v) is 53.3. The van der Waals surface area contributed by atoms with Crippen LogP contribution in [0.25, 0.3) is 54.5 Å². The SMILES string of the molecule is CC(=O)c1c[nH]c2cc(C)ccc12.CC(=O)c1c[nH]c2cc(O)ccc12.CC(=O)c1cn(C(=O)C(C)(C)C)c2cc(OC(=O)CCl)ccc12.CC(=O)c1cn(Cc2ccccc2)c2cc(C)ccc12.CC(C)(C)C(=O)n1ccc2ccc(OC(=O)CCl)cc21. The Morgan fingerprint density at radius 2 is 0.944 bits per heavy atom. The number of nitrogens with zero attached hydrogens (tertiary/aromatic N) is 3. The molecule has 0 radical (unpaired) electrons. The first-order valence-corrected chi connectivity index (χ1v) is 29.5. The molecule has 11 rings (SSSR count). The van der Waals surface area contributed by atoms with Gasteiger partial charge in [-0.25, -0.2) is 0 Å². The number of aryl methyl sites for hydroxylation is 2. The molecule has 6 aromatic carbocycles. The van der Waals surface area contributed by atoms with Gasteiger partial charge in [0.15, 0.2) is 23.1 Å². The predicted octanol–water partition coefficient (Wildman–Crippen LogP) is 16.1. The van der Waals surface area contributed by atoms with Gasteiger partial charge in [-0.05, 0) is 113 Å². The summed E-state index contributed by atoms with van der Waals surface area (Å²) in [6.07, 6.45) is 8.66. The zero-order valence-electron chi connectivity index (χ0n) is 51.8. The number of ether oxygens (including phenoxy) is 2. The number of esters is 2. The van der Waals surface area contributed by atoms with Crippen molar-refractivity contribution in [2.45, 2.75) is 89.6 Å². The normalized spacial score (nSPS) is 11.1. The van der Waals surface area contributed by atoms with E-state index in [2.05, 4.69) is 45.7 Å². The summed E-state index contributed by atoms with van der Waals surface area (Å²) >= 11 is 10.8. The van der Waals surface area contributed by atoms with Gasteiger partial charge < -0.3 is 29.1 Å². The molecule has 0 aliphatic rings. The highest BCUT2D eigenvalue weighted by atomic mass is 35.5. The molecule has 460 valence electrons. The molecule has 18 heteroatoms. The molecule has 0 bridgehead atoms. The van der Waals surface area contributed by atoms with Gasteiger partial charge in [-0.15, -0.1) is 23.2 Å². The van der Waals surface area contributed by atoms with Crippen molar-refractivity contribution in [3.8, 4) is 17.2 Å². The van der Waals surface area contributed by atoms with Crippen LogP contribution in [0.4, 0.5) is 0 Å². The number of hydrogen-bond acceptors (Lipinski definition) is 11. The summed E-state index contributed by atoms with van der Waals surface area (Å²) in [5, 5.41) is 13.6. The molecule has 16 nitrogen and oxygen atoms in total. The number of phenols is 1. The van der Waals surface area contributed by atoms with Crippen LogP contribution in [0.1, 0.15) is 137 Å². The van der Waals surface area contributed by atoms with Crippen LogP contribution < -0.4 is 9.47 Å². The molecule has 0 aliphatic carbocycles. The van der Waals surface area contributed by atoms with Gasteiger partial charge in [-0.1, -0.05) is 96.1 Å². The molecule has 0 unspecified atom stereocenters. The number of fused-ring (bicyclic) bond motifs is 5. The third kappa shape index (κ3) is 16.5. The van der Waals surface area contributed by atoms with Crippen molar-refractivity contribution in [1.82, 2.24) is 23.7 Å². The number of nitrogens with one attached hydrogen (secondary N) is 2. The standard InChI is InChI=1S/C18H17NO.C17H18ClNO4.C15H16ClNO3.C11H11NO.C10H9NO2/c1-13-8-9-16-17(14(2)20)12-19(18(16)10-13)11-15-6-4-3-5-7-15;1-10(20)13-9-19(16(22)17(2,3)4)14-7-11(5-6-12(13)14)23-15(21)8-18;1-15(2,3)14(19)17-7-6-10-4-5-11(8-12(10)17)20-13(18)9-16;1-7-3-4-9-10(8(2)13)6-12-11(9)5-7;1-6(12)9-5-11-10-4-7(13)2-3-8(9)10/h3-10,12H,11H2,1-2H3;5-7,9H,8H2,1-4H3;4-8H,9H2,1-3H3;3-6,12H,1-2H3;2-5,11,13H,1H3. The van der Waals surface area contributed by atoms with Crippen LogP contribution in [0, 0.1) is 24.7 Å². The number of halogens is 2. The van der Waals surface area contributed by atoms with Crippen molar-refractivity contribution < 1.29 is 52.9 Å². The molecular formula is C71H71Cl2N5O11. The van der Waals surface area contributed by atoms with Crippen molar-refractivity contribution in [2.75, 3.05) is 11.8 Å². The van der Waals surface area contributed by atoms with Crippen molar-refractivity contribution in [1.29, 1.82) is 0 Å². The lowest BCUT2D eigenvalue weighted by molar-refractivity contribution is -0.132. The second-order valence-electron chi connectivity index (χ2n) is 23.4. The van der Waals surface area contributed by atoms with Gasteiger partial charge in [0, 0.05) is 132 Å². The van der Waals surface area contributed by atoms with Crippen LogP contribution in [0.3, 0.4) is 0 Å². The van der Waals surface area contributed by atoms with E-state index in [1.807, 2.05) is 82.4 Å². The molecule has 5 heterocycles. The third-order valence-electron chi connectivity index (χ3n) is 14.1. The molecule has 0 atom stereocenters. The lowest BCUT2D eigenvalue weighted by Gasteiger charge is -2.17. The van der Waals surface area contributed by atoms with E-state index in [-0.39, 0.29) is 58.2 Å². The molecule has 5 aromatic heterocycles. The number of aromatic hydroxyl groups is 1. The second-order valence-corrected chi connectivity index (χ2v) is 23.9. The molecule has 0 spiro atoms. The number of rotatable bonds is 10. The van der Waals surface area contributed by atoms with E-state index in [0.717, 1.165) is 55.8 Å². The van der Waals surface area contributed by atoms with Crippen LogP contribution in [-0.2, 0) is 16.1 Å². The van der Waals surface area contributed by atoms with Crippen LogP contribution >= 0.6 is 23.2 Å². The van der Waals surface area contributed by atoms with Crippen molar-refractivity contribution in [3.05, 3.63) is 197 Å². The Labute approximate surface area is 525 Å². The van der Waals surface area contributed by atoms with E-state index >= 15 is 0 Å². The zero-order chi connectivity index (χ0) is 65.2.